The quantitative estimate of drug-likeness (QED) is 0.368. The van der Waals surface area contributed by atoms with Crippen LogP contribution in [0.4, 0.5) is 10.8 Å². The lowest BCUT2D eigenvalue weighted by molar-refractivity contribution is -0.118. The first-order chi connectivity index (χ1) is 17.9. The van der Waals surface area contributed by atoms with E-state index in [1.54, 1.807) is 6.92 Å². The van der Waals surface area contributed by atoms with Crippen LogP contribution in [0.1, 0.15) is 47.2 Å². The molecule has 0 aliphatic carbocycles. The Kier molecular flexibility index (Phi) is 8.62. The number of nitrogens with one attached hydrogen (secondary N) is 2. The van der Waals surface area contributed by atoms with Gasteiger partial charge in [-0.25, -0.2) is 4.98 Å². The van der Waals surface area contributed by atoms with Gasteiger partial charge in [0, 0.05) is 18.7 Å². The number of nitrogens with zero attached hydrogens (tertiary/aromatic N) is 2. The zero-order valence-corrected chi connectivity index (χ0v) is 22.0. The molecule has 37 heavy (non-hydrogen) atoms. The predicted molar refractivity (Wildman–Crippen MR) is 144 cm³/mol. The highest BCUT2D eigenvalue weighted by Crippen LogP contribution is 2.27. The maximum Gasteiger partial charge on any atom is 0.263 e. The zero-order chi connectivity index (χ0) is 26.4. The zero-order valence-electron chi connectivity index (χ0n) is 21.2. The van der Waals surface area contributed by atoms with Crippen LogP contribution in [0.2, 0.25) is 0 Å². The van der Waals surface area contributed by atoms with Gasteiger partial charge in [-0.15, -0.1) is 0 Å². The number of anilines is 2. The molecular formula is C27H32N4O5S. The first-order valence-corrected chi connectivity index (χ1v) is 13.1. The number of hydrogen-bond acceptors (Lipinski definition) is 8. The van der Waals surface area contributed by atoms with Crippen LogP contribution < -0.4 is 25.0 Å². The molecule has 0 spiro atoms. The maximum absolute atomic E-state index is 12.8. The van der Waals surface area contributed by atoms with E-state index in [-0.39, 0.29) is 23.2 Å². The Balaban J connectivity index is 1.29. The number of hydrogen-bond donors (Lipinski definition) is 3. The van der Waals surface area contributed by atoms with Crippen LogP contribution in [0, 0.1) is 6.92 Å². The Morgan fingerprint density at radius 1 is 1.16 bits per heavy atom. The summed E-state index contributed by atoms with van der Waals surface area (Å²) in [5.41, 5.74) is 2.62. The molecule has 0 bridgehead atoms. The number of aryl methyl sites for hydroxylation is 1. The molecule has 3 N–H and O–H groups in total. The van der Waals surface area contributed by atoms with Gasteiger partial charge < -0.3 is 24.8 Å². The minimum Gasteiger partial charge on any atom is -0.494 e. The van der Waals surface area contributed by atoms with Crippen molar-refractivity contribution in [3.63, 3.8) is 0 Å². The number of carbonyl (C=O) groups is 2. The summed E-state index contributed by atoms with van der Waals surface area (Å²) in [4.78, 5) is 31.1. The molecule has 2 aromatic carbocycles. The molecule has 1 saturated heterocycles. The van der Waals surface area contributed by atoms with Gasteiger partial charge in [0.2, 0.25) is 0 Å². The Hall–Kier alpha value is -3.63. The van der Waals surface area contributed by atoms with Crippen molar-refractivity contribution in [3.8, 4) is 11.5 Å². The van der Waals surface area contributed by atoms with Crippen molar-refractivity contribution in [1.82, 2.24) is 10.3 Å². The van der Waals surface area contributed by atoms with E-state index >= 15 is 0 Å². The minimum atomic E-state index is -0.640. The average molecular weight is 525 g/mol. The number of benzene rings is 2. The molecule has 3 aromatic rings. The number of ether oxygens (including phenoxy) is 2. The smallest absolute Gasteiger partial charge is 0.263 e. The number of carbonyl (C=O) groups excluding carboxylic acids is 2. The van der Waals surface area contributed by atoms with E-state index in [1.807, 2.05) is 50.2 Å². The highest BCUT2D eigenvalue weighted by atomic mass is 32.1. The van der Waals surface area contributed by atoms with Crippen molar-refractivity contribution in [3.05, 3.63) is 64.7 Å². The number of rotatable bonds is 10. The van der Waals surface area contributed by atoms with E-state index in [1.165, 1.54) is 0 Å². The van der Waals surface area contributed by atoms with Crippen LogP contribution in [0.25, 0.3) is 0 Å². The van der Waals surface area contributed by atoms with Crippen LogP contribution in [-0.4, -0.2) is 54.3 Å². The maximum atomic E-state index is 12.8. The highest BCUT2D eigenvalue weighted by molar-refractivity contribution is 7.17. The van der Waals surface area contributed by atoms with Crippen molar-refractivity contribution in [2.75, 3.05) is 36.5 Å². The largest absolute Gasteiger partial charge is 0.494 e. The summed E-state index contributed by atoms with van der Waals surface area (Å²) >= 11 is 1.07. The third-order valence-electron chi connectivity index (χ3n) is 6.08. The second-order valence-corrected chi connectivity index (χ2v) is 9.80. The van der Waals surface area contributed by atoms with E-state index < -0.39 is 12.5 Å². The Morgan fingerprint density at radius 2 is 1.86 bits per heavy atom. The van der Waals surface area contributed by atoms with Crippen LogP contribution >= 0.6 is 11.3 Å². The fraction of sp³-hybridized carbons (Fsp3) is 0.370. The minimum absolute atomic E-state index is 0.101. The van der Waals surface area contributed by atoms with E-state index in [4.69, 9.17) is 14.6 Å². The molecule has 1 aliphatic heterocycles. The number of thiazole rings is 1. The average Bonchev–Trinajstić information content (AvgIpc) is 3.51. The standard InChI is InChI=1S/C27H32N4O5S/c1-4-35-21-11-7-20(8-12-21)31-14-13-23(15-31)36-22-9-5-19(6-10-22)17(2)28-26(34)25-18(3)29-27(37-25)30-24(33)16-32/h5-12,17,23,32H,4,13-16H2,1-3H3,(H,28,34)(H,29,30,33)/t17-,23?/m0/s1. The van der Waals surface area contributed by atoms with Crippen molar-refractivity contribution >= 4 is 34.0 Å². The van der Waals surface area contributed by atoms with Gasteiger partial charge >= 0.3 is 0 Å². The Morgan fingerprint density at radius 3 is 2.54 bits per heavy atom. The van der Waals surface area contributed by atoms with Crippen LogP contribution in [0.5, 0.6) is 11.5 Å². The third-order valence-corrected chi connectivity index (χ3v) is 7.15. The van der Waals surface area contributed by atoms with Gasteiger partial charge in [0.1, 0.15) is 29.1 Å². The summed E-state index contributed by atoms with van der Waals surface area (Å²) in [5.74, 6) is 0.830. The van der Waals surface area contributed by atoms with Gasteiger partial charge in [0.25, 0.3) is 11.8 Å². The van der Waals surface area contributed by atoms with E-state index in [2.05, 4.69) is 32.7 Å². The first-order valence-electron chi connectivity index (χ1n) is 12.3. The van der Waals surface area contributed by atoms with Gasteiger partial charge in [-0.2, -0.15) is 0 Å². The second-order valence-electron chi connectivity index (χ2n) is 8.81. The Labute approximate surface area is 220 Å². The predicted octanol–water partition coefficient (Wildman–Crippen LogP) is 3.93. The molecule has 0 radical (unpaired) electrons. The van der Waals surface area contributed by atoms with Crippen molar-refractivity contribution < 1.29 is 24.2 Å². The normalized spacial score (nSPS) is 15.8. The van der Waals surface area contributed by atoms with E-state index in [0.717, 1.165) is 53.6 Å². The van der Waals surface area contributed by atoms with Gasteiger partial charge in [-0.3, -0.25) is 14.9 Å². The number of aliphatic hydroxyl groups excluding tert-OH is 1. The lowest BCUT2D eigenvalue weighted by atomic mass is 10.1. The Bertz CT molecular complexity index is 1210. The molecule has 1 aliphatic rings. The summed E-state index contributed by atoms with van der Waals surface area (Å²) in [6, 6.07) is 15.7. The third kappa shape index (κ3) is 6.78. The van der Waals surface area contributed by atoms with Crippen LogP contribution in [-0.2, 0) is 4.79 Å². The van der Waals surface area contributed by atoms with Crippen LogP contribution in [0.3, 0.4) is 0 Å². The van der Waals surface area contributed by atoms with Gasteiger partial charge in [0.05, 0.1) is 24.9 Å². The van der Waals surface area contributed by atoms with E-state index in [0.29, 0.717) is 17.2 Å². The fourth-order valence-corrected chi connectivity index (χ4v) is 5.06. The van der Waals surface area contributed by atoms with Gasteiger partial charge in [-0.1, -0.05) is 23.5 Å². The SMILES string of the molecule is CCOc1ccc(N2CCC(Oc3ccc([C@H](C)NC(=O)c4sc(NC(=O)CO)nc4C)cc3)C2)cc1. The van der Waals surface area contributed by atoms with Crippen LogP contribution in [0.15, 0.2) is 48.5 Å². The summed E-state index contributed by atoms with van der Waals surface area (Å²) in [6.07, 6.45) is 1.04. The second kappa shape index (κ2) is 12.1. The summed E-state index contributed by atoms with van der Waals surface area (Å²) in [7, 11) is 0. The first kappa shape index (κ1) is 26.4. The molecule has 1 fully saturated rings. The molecule has 9 nitrogen and oxygen atoms in total. The van der Waals surface area contributed by atoms with Gasteiger partial charge in [0.15, 0.2) is 5.13 Å². The number of aliphatic hydroxyl groups is 1. The lowest BCUT2D eigenvalue weighted by Gasteiger charge is -2.20. The molecule has 10 heteroatoms. The van der Waals surface area contributed by atoms with Crippen molar-refractivity contribution in [2.45, 2.75) is 39.3 Å². The number of amides is 2. The van der Waals surface area contributed by atoms with Gasteiger partial charge in [-0.05, 0) is 62.7 Å². The summed E-state index contributed by atoms with van der Waals surface area (Å²) in [6.45, 7) is 7.35. The topological polar surface area (TPSA) is 113 Å². The number of aromatic nitrogens is 1. The van der Waals surface area contributed by atoms with Crippen molar-refractivity contribution in [1.29, 1.82) is 0 Å². The fourth-order valence-electron chi connectivity index (χ4n) is 4.17. The lowest BCUT2D eigenvalue weighted by Crippen LogP contribution is -2.26. The molecule has 1 unspecified atom stereocenters. The summed E-state index contributed by atoms with van der Waals surface area (Å²) < 4.78 is 11.7. The highest BCUT2D eigenvalue weighted by Gasteiger charge is 2.24. The molecule has 2 heterocycles. The molecule has 2 amide bonds. The van der Waals surface area contributed by atoms with Crippen molar-refractivity contribution in [2.24, 2.45) is 0 Å². The molecule has 196 valence electrons. The molecule has 1 aromatic heterocycles. The molecule has 0 saturated carbocycles. The summed E-state index contributed by atoms with van der Waals surface area (Å²) in [5, 5.41) is 14.6. The molecule has 4 rings (SSSR count). The molecular weight excluding hydrogens is 492 g/mol. The monoisotopic (exact) mass is 524 g/mol. The molecule has 2 atom stereocenters. The van der Waals surface area contributed by atoms with E-state index in [9.17, 15) is 9.59 Å².